The SMILES string of the molecule is COC(=O)c1ccc([C@@H]2Nc3ccc(/C(C)=N/NC(=O)c4ccccc4O)cc3[C@@H]3C=CC[C@@H]32)cc1. The van der Waals surface area contributed by atoms with E-state index >= 15 is 0 Å². The maximum atomic E-state index is 12.4. The summed E-state index contributed by atoms with van der Waals surface area (Å²) in [4.78, 5) is 24.2. The average Bonchev–Trinajstić information content (AvgIpc) is 3.41. The molecule has 182 valence electrons. The lowest BCUT2D eigenvalue weighted by atomic mass is 9.76. The standard InChI is InChI=1S/C29H27N3O4/c1-17(31-32-28(34)23-6-3-4-9-26(23)33)20-14-15-25-24(16-20)21-7-5-8-22(21)27(30-25)18-10-12-19(13-11-18)29(35)36-2/h3-7,9-16,21-22,27,30,33H,8H2,1-2H3,(H,32,34)/b31-17+/t21-,22+,27+/m1/s1. The van der Waals surface area contributed by atoms with Crippen LogP contribution in [-0.2, 0) is 4.74 Å². The highest BCUT2D eigenvalue weighted by molar-refractivity contribution is 6.02. The summed E-state index contributed by atoms with van der Waals surface area (Å²) < 4.78 is 4.82. The summed E-state index contributed by atoms with van der Waals surface area (Å²) in [7, 11) is 1.38. The molecule has 5 rings (SSSR count). The monoisotopic (exact) mass is 481 g/mol. The van der Waals surface area contributed by atoms with Gasteiger partial charge in [-0.2, -0.15) is 5.10 Å². The van der Waals surface area contributed by atoms with E-state index in [2.05, 4.69) is 34.1 Å². The molecule has 7 heteroatoms. The molecule has 3 atom stereocenters. The minimum atomic E-state index is -0.466. The molecule has 1 aliphatic carbocycles. The van der Waals surface area contributed by atoms with Gasteiger partial charge < -0.3 is 15.2 Å². The highest BCUT2D eigenvalue weighted by atomic mass is 16.5. The number of fused-ring (bicyclic) bond motifs is 3. The van der Waals surface area contributed by atoms with Crippen molar-refractivity contribution in [3.05, 3.63) is 107 Å². The first-order chi connectivity index (χ1) is 17.5. The van der Waals surface area contributed by atoms with E-state index in [9.17, 15) is 14.7 Å². The number of carbonyl (C=O) groups excluding carboxylic acids is 2. The molecule has 36 heavy (non-hydrogen) atoms. The molecule has 0 bridgehead atoms. The highest BCUT2D eigenvalue weighted by Gasteiger charge is 2.38. The molecule has 0 saturated heterocycles. The smallest absolute Gasteiger partial charge is 0.337 e. The molecule has 3 aromatic carbocycles. The van der Waals surface area contributed by atoms with E-state index in [0.717, 1.165) is 23.2 Å². The quantitative estimate of drug-likeness (QED) is 0.202. The molecular formula is C29H27N3O4. The van der Waals surface area contributed by atoms with Crippen LogP contribution in [0.15, 0.2) is 84.0 Å². The lowest BCUT2D eigenvalue weighted by Gasteiger charge is -2.37. The summed E-state index contributed by atoms with van der Waals surface area (Å²) in [6.07, 6.45) is 5.44. The Hall–Kier alpha value is -4.39. The summed E-state index contributed by atoms with van der Waals surface area (Å²) in [5.41, 5.74) is 8.19. The number of esters is 1. The second kappa shape index (κ2) is 9.70. The number of amides is 1. The number of para-hydroxylation sites is 1. The van der Waals surface area contributed by atoms with Gasteiger partial charge in [0.25, 0.3) is 5.91 Å². The van der Waals surface area contributed by atoms with Gasteiger partial charge in [-0.15, -0.1) is 0 Å². The van der Waals surface area contributed by atoms with E-state index in [1.54, 1.807) is 18.2 Å². The average molecular weight is 482 g/mol. The Bertz CT molecular complexity index is 1380. The number of methoxy groups -OCH3 is 1. The second-order valence-corrected chi connectivity index (χ2v) is 9.05. The molecule has 0 fully saturated rings. The van der Waals surface area contributed by atoms with Crippen LogP contribution in [0.5, 0.6) is 5.75 Å². The highest BCUT2D eigenvalue weighted by Crippen LogP contribution is 2.50. The zero-order valence-corrected chi connectivity index (χ0v) is 20.1. The van der Waals surface area contributed by atoms with E-state index in [4.69, 9.17) is 4.74 Å². The Kier molecular flexibility index (Phi) is 6.29. The normalized spacial score (nSPS) is 20.2. The lowest BCUT2D eigenvalue weighted by Crippen LogP contribution is -2.29. The Morgan fingerprint density at radius 1 is 1.06 bits per heavy atom. The number of hydrogen-bond acceptors (Lipinski definition) is 6. The fourth-order valence-electron chi connectivity index (χ4n) is 5.02. The molecule has 0 aromatic heterocycles. The van der Waals surface area contributed by atoms with Crippen molar-refractivity contribution in [2.24, 2.45) is 11.0 Å². The van der Waals surface area contributed by atoms with Crippen molar-refractivity contribution in [2.75, 3.05) is 12.4 Å². The number of ether oxygens (including phenoxy) is 1. The number of allylic oxidation sites excluding steroid dienone is 2. The van der Waals surface area contributed by atoms with Crippen LogP contribution in [0, 0.1) is 5.92 Å². The summed E-state index contributed by atoms with van der Waals surface area (Å²) in [5.74, 6) is -0.307. The van der Waals surface area contributed by atoms with Gasteiger partial charge >= 0.3 is 5.97 Å². The van der Waals surface area contributed by atoms with Crippen molar-refractivity contribution < 1.29 is 19.4 Å². The molecule has 1 heterocycles. The molecule has 7 nitrogen and oxygen atoms in total. The number of anilines is 1. The first kappa shape index (κ1) is 23.4. The minimum Gasteiger partial charge on any atom is -0.507 e. The molecule has 1 amide bonds. The van der Waals surface area contributed by atoms with Crippen molar-refractivity contribution in [3.63, 3.8) is 0 Å². The molecule has 0 spiro atoms. The van der Waals surface area contributed by atoms with Crippen LogP contribution in [0.2, 0.25) is 0 Å². The van der Waals surface area contributed by atoms with E-state index < -0.39 is 5.91 Å². The zero-order chi connectivity index (χ0) is 25.2. The third kappa shape index (κ3) is 4.35. The van der Waals surface area contributed by atoms with Crippen LogP contribution in [0.25, 0.3) is 0 Å². The van der Waals surface area contributed by atoms with E-state index in [0.29, 0.717) is 17.2 Å². The van der Waals surface area contributed by atoms with Crippen molar-refractivity contribution in [3.8, 4) is 5.75 Å². The molecule has 1 aliphatic heterocycles. The lowest BCUT2D eigenvalue weighted by molar-refractivity contribution is 0.0600. The maximum Gasteiger partial charge on any atom is 0.337 e. The third-order valence-electron chi connectivity index (χ3n) is 6.95. The summed E-state index contributed by atoms with van der Waals surface area (Å²) in [6, 6.07) is 20.2. The Labute approximate surface area is 209 Å². The summed E-state index contributed by atoms with van der Waals surface area (Å²) in [6.45, 7) is 1.84. The van der Waals surface area contributed by atoms with Gasteiger partial charge in [-0.05, 0) is 72.4 Å². The van der Waals surface area contributed by atoms with Crippen LogP contribution in [0.3, 0.4) is 0 Å². The van der Waals surface area contributed by atoms with Gasteiger partial charge in [0.1, 0.15) is 5.75 Å². The van der Waals surface area contributed by atoms with Gasteiger partial charge in [0.05, 0.1) is 30.0 Å². The maximum absolute atomic E-state index is 12.4. The topological polar surface area (TPSA) is 100 Å². The van der Waals surface area contributed by atoms with Crippen LogP contribution in [0.4, 0.5) is 5.69 Å². The fourth-order valence-corrected chi connectivity index (χ4v) is 5.02. The number of phenols is 1. The van der Waals surface area contributed by atoms with Crippen LogP contribution >= 0.6 is 0 Å². The van der Waals surface area contributed by atoms with E-state index in [1.165, 1.54) is 18.7 Å². The Morgan fingerprint density at radius 2 is 1.81 bits per heavy atom. The van der Waals surface area contributed by atoms with Crippen LogP contribution < -0.4 is 10.7 Å². The summed E-state index contributed by atoms with van der Waals surface area (Å²) >= 11 is 0. The first-order valence-corrected chi connectivity index (χ1v) is 11.8. The largest absolute Gasteiger partial charge is 0.507 e. The van der Waals surface area contributed by atoms with Crippen molar-refractivity contribution in [2.45, 2.75) is 25.3 Å². The number of nitrogens with zero attached hydrogens (tertiary/aromatic N) is 1. The number of hydrogen-bond donors (Lipinski definition) is 3. The molecule has 3 aromatic rings. The van der Waals surface area contributed by atoms with Gasteiger partial charge in [0.2, 0.25) is 0 Å². The number of aromatic hydroxyl groups is 1. The Morgan fingerprint density at radius 3 is 2.56 bits per heavy atom. The van der Waals surface area contributed by atoms with Gasteiger partial charge in [0.15, 0.2) is 0 Å². The molecular weight excluding hydrogens is 454 g/mol. The zero-order valence-electron chi connectivity index (χ0n) is 20.1. The second-order valence-electron chi connectivity index (χ2n) is 9.05. The van der Waals surface area contributed by atoms with E-state index in [1.807, 2.05) is 43.3 Å². The molecule has 0 unspecified atom stereocenters. The van der Waals surface area contributed by atoms with Gasteiger partial charge in [0, 0.05) is 11.6 Å². The molecule has 0 radical (unpaired) electrons. The van der Waals surface area contributed by atoms with Crippen molar-refractivity contribution in [1.82, 2.24) is 5.43 Å². The molecule has 3 N–H and O–H groups in total. The van der Waals surface area contributed by atoms with Crippen LogP contribution in [0.1, 0.15) is 62.7 Å². The molecule has 2 aliphatic rings. The number of hydrazone groups is 1. The first-order valence-electron chi connectivity index (χ1n) is 11.8. The predicted octanol–water partition coefficient (Wildman–Crippen LogP) is 5.16. The Balaban J connectivity index is 1.38. The van der Waals surface area contributed by atoms with Gasteiger partial charge in [-0.1, -0.05) is 42.5 Å². The van der Waals surface area contributed by atoms with E-state index in [-0.39, 0.29) is 29.2 Å². The van der Waals surface area contributed by atoms with Gasteiger partial charge in [-0.3, -0.25) is 4.79 Å². The van der Waals surface area contributed by atoms with Gasteiger partial charge in [-0.25, -0.2) is 10.2 Å². The minimum absolute atomic E-state index is 0.0868. The van der Waals surface area contributed by atoms with Crippen molar-refractivity contribution >= 4 is 23.3 Å². The number of benzene rings is 3. The third-order valence-corrected chi connectivity index (χ3v) is 6.95. The molecule has 0 saturated carbocycles. The fraction of sp³-hybridized carbons (Fsp3) is 0.207. The van der Waals surface area contributed by atoms with Crippen LogP contribution in [-0.4, -0.2) is 29.8 Å². The number of nitrogens with one attached hydrogen (secondary N) is 2. The number of carbonyl (C=O) groups is 2. The number of rotatable bonds is 5. The van der Waals surface area contributed by atoms with Crippen molar-refractivity contribution in [1.29, 1.82) is 0 Å². The number of phenolic OH excluding ortho intramolecular Hbond substituents is 1. The predicted molar refractivity (Wildman–Crippen MR) is 138 cm³/mol. The summed E-state index contributed by atoms with van der Waals surface area (Å²) in [5, 5.41) is 17.9.